The van der Waals surface area contributed by atoms with Crippen LogP contribution < -0.4 is 0 Å². The van der Waals surface area contributed by atoms with E-state index in [-0.39, 0.29) is 0 Å². The van der Waals surface area contributed by atoms with Crippen LogP contribution in [0.1, 0.15) is 0 Å². The van der Waals surface area contributed by atoms with Crippen molar-refractivity contribution < 1.29 is 17.6 Å². The minimum Gasteiger partial charge on any atom is -0.194 e. The van der Waals surface area contributed by atoms with Gasteiger partial charge >= 0.3 is 10.8 Å². The van der Waals surface area contributed by atoms with Crippen molar-refractivity contribution in [1.82, 2.24) is 0 Å². The van der Waals surface area contributed by atoms with Crippen molar-refractivity contribution in [1.29, 1.82) is 0 Å². The molecule has 0 unspecified atom stereocenters. The van der Waals surface area contributed by atoms with Gasteiger partial charge in [-0.2, -0.15) is 17.6 Å². The van der Waals surface area contributed by atoms with Gasteiger partial charge in [-0.25, -0.2) is 0 Å². The maximum absolute atomic E-state index is 12.3. The van der Waals surface area contributed by atoms with E-state index in [1.54, 1.807) is 0 Å². The smallest absolute Gasteiger partial charge is 0.194 e. The van der Waals surface area contributed by atoms with Gasteiger partial charge in [0.2, 0.25) is 3.24 Å². The van der Waals surface area contributed by atoms with Crippen LogP contribution in [-0.4, -0.2) is 14.0 Å². The molecule has 0 spiro atoms. The highest BCUT2D eigenvalue weighted by atomic mass is 79.9. The third kappa shape index (κ3) is 2.60. The molecule has 0 saturated heterocycles. The Hall–Kier alpha value is 1.26. The van der Waals surface area contributed by atoms with Crippen LogP contribution in [0.3, 0.4) is 0 Å². The first kappa shape index (κ1) is 12.3. The summed E-state index contributed by atoms with van der Waals surface area (Å²) in [6.45, 7) is 0. The Balaban J connectivity index is 4.75. The lowest BCUT2D eigenvalue weighted by Crippen LogP contribution is -2.46. The van der Waals surface area contributed by atoms with Gasteiger partial charge in [0.25, 0.3) is 0 Å². The molecule has 0 heterocycles. The molecule has 0 rings (SSSR count). The lowest BCUT2D eigenvalue weighted by Gasteiger charge is -2.27. The lowest BCUT2D eigenvalue weighted by molar-refractivity contribution is -0.141. The molecule has 8 heteroatoms. The minimum absolute atomic E-state index is 1.45. The van der Waals surface area contributed by atoms with Gasteiger partial charge < -0.3 is 0 Å². The zero-order valence-electron chi connectivity index (χ0n) is 4.52. The molecule has 11 heavy (non-hydrogen) atoms. The molecular formula is C3Br2Cl2F4. The van der Waals surface area contributed by atoms with E-state index in [1.165, 1.54) is 15.9 Å². The van der Waals surface area contributed by atoms with Gasteiger partial charge in [-0.05, 0) is 31.9 Å². The number of rotatable bonds is 2. The Labute approximate surface area is 86.5 Å². The Morgan fingerprint density at radius 1 is 0.909 bits per heavy atom. The molecule has 0 aliphatic carbocycles. The molecule has 0 radical (unpaired) electrons. The van der Waals surface area contributed by atoms with Crippen LogP contribution in [0.5, 0.6) is 0 Å². The molecule has 0 aromatic carbocycles. The predicted molar refractivity (Wildman–Crippen MR) is 42.2 cm³/mol. The first-order valence-corrected chi connectivity index (χ1v) is 4.35. The molecular weight excluding hydrogens is 343 g/mol. The summed E-state index contributed by atoms with van der Waals surface area (Å²) >= 11 is 12.9. The van der Waals surface area contributed by atoms with E-state index >= 15 is 0 Å². The summed E-state index contributed by atoms with van der Waals surface area (Å²) in [4.78, 5) is -4.45. The van der Waals surface area contributed by atoms with E-state index < -0.39 is 14.0 Å². The first-order valence-electron chi connectivity index (χ1n) is 2.01. The summed E-state index contributed by atoms with van der Waals surface area (Å²) in [5, 5.41) is 0. The second kappa shape index (κ2) is 3.20. The zero-order valence-corrected chi connectivity index (χ0v) is 9.21. The Morgan fingerprint density at radius 2 is 1.18 bits per heavy atom. The van der Waals surface area contributed by atoms with Crippen LogP contribution in [0, 0.1) is 0 Å². The van der Waals surface area contributed by atoms with Crippen LogP contribution >= 0.6 is 55.1 Å². The summed E-state index contributed by atoms with van der Waals surface area (Å²) in [5.41, 5.74) is 0. The van der Waals surface area contributed by atoms with Gasteiger partial charge in [0.15, 0.2) is 0 Å². The fourth-order valence-electron chi connectivity index (χ4n) is 0.161. The maximum Gasteiger partial charge on any atom is 0.367 e. The van der Waals surface area contributed by atoms with E-state index in [9.17, 15) is 17.6 Å². The van der Waals surface area contributed by atoms with Crippen molar-refractivity contribution in [3.8, 4) is 0 Å². The van der Waals surface area contributed by atoms with Crippen molar-refractivity contribution in [3.63, 3.8) is 0 Å². The average molecular weight is 343 g/mol. The molecule has 0 saturated carbocycles. The maximum atomic E-state index is 12.3. The molecule has 0 aliphatic rings. The molecule has 0 aliphatic heterocycles. The van der Waals surface area contributed by atoms with E-state index in [0.29, 0.717) is 0 Å². The number of hydrogen-bond acceptors (Lipinski definition) is 0. The molecule has 0 bridgehead atoms. The van der Waals surface area contributed by atoms with Gasteiger partial charge in [-0.1, -0.05) is 23.2 Å². The highest BCUT2D eigenvalue weighted by Crippen LogP contribution is 2.54. The predicted octanol–water partition coefficient (Wildman–Crippen LogP) is 4.14. The van der Waals surface area contributed by atoms with Gasteiger partial charge in [-0.15, -0.1) is 0 Å². The average Bonchev–Trinajstić information content (AvgIpc) is 1.58. The summed E-state index contributed by atoms with van der Waals surface area (Å²) in [6, 6.07) is 0. The van der Waals surface area contributed by atoms with Gasteiger partial charge in [0.05, 0.1) is 0 Å². The van der Waals surface area contributed by atoms with E-state index in [0.717, 1.165) is 0 Å². The highest BCUT2D eigenvalue weighted by Gasteiger charge is 2.66. The van der Waals surface area contributed by atoms with Crippen molar-refractivity contribution in [2.75, 3.05) is 0 Å². The van der Waals surface area contributed by atoms with Gasteiger partial charge in [-0.3, -0.25) is 0 Å². The van der Waals surface area contributed by atoms with Crippen molar-refractivity contribution >= 4 is 55.1 Å². The quantitative estimate of drug-likeness (QED) is 0.523. The summed E-state index contributed by atoms with van der Waals surface area (Å²) in [7, 11) is 0. The number of hydrogen-bond donors (Lipinski definition) is 0. The van der Waals surface area contributed by atoms with Gasteiger partial charge in [0.1, 0.15) is 0 Å². The first-order chi connectivity index (χ1) is 4.50. The Kier molecular flexibility index (Phi) is 3.56. The second-order valence-electron chi connectivity index (χ2n) is 1.57. The third-order valence-electron chi connectivity index (χ3n) is 0.712. The molecule has 0 N–H and O–H groups in total. The molecule has 0 fully saturated rings. The van der Waals surface area contributed by atoms with Crippen molar-refractivity contribution in [2.45, 2.75) is 14.0 Å². The molecule has 0 aromatic rings. The third-order valence-corrected chi connectivity index (χ3v) is 2.18. The van der Waals surface area contributed by atoms with Gasteiger partial charge in [0, 0.05) is 0 Å². The van der Waals surface area contributed by atoms with E-state index in [4.69, 9.17) is 23.2 Å². The summed E-state index contributed by atoms with van der Waals surface area (Å²) in [6.07, 6.45) is 0. The monoisotopic (exact) mass is 340 g/mol. The molecule has 0 amide bonds. The SMILES string of the molecule is FC(F)(Br)C(F)(F)C(Cl)(Cl)Br. The number of alkyl halides is 8. The zero-order chi connectivity index (χ0) is 9.50. The molecule has 0 atom stereocenters. The molecule has 68 valence electrons. The topological polar surface area (TPSA) is 0 Å². The Bertz CT molecular complexity index is 132. The number of halogens is 8. The lowest BCUT2D eigenvalue weighted by atomic mass is 10.4. The summed E-state index contributed by atoms with van der Waals surface area (Å²) in [5.74, 6) is -4.59. The summed E-state index contributed by atoms with van der Waals surface area (Å²) < 4.78 is 45.6. The van der Waals surface area contributed by atoms with Crippen LogP contribution in [0.25, 0.3) is 0 Å². The van der Waals surface area contributed by atoms with E-state index in [1.807, 2.05) is 15.9 Å². The molecule has 0 aromatic heterocycles. The van der Waals surface area contributed by atoms with Crippen LogP contribution in [0.15, 0.2) is 0 Å². The van der Waals surface area contributed by atoms with Crippen LogP contribution in [-0.2, 0) is 0 Å². The fourth-order valence-corrected chi connectivity index (χ4v) is 1.44. The molecule has 0 nitrogen and oxygen atoms in total. The Morgan fingerprint density at radius 3 is 1.18 bits per heavy atom. The van der Waals surface area contributed by atoms with Crippen molar-refractivity contribution in [3.05, 3.63) is 0 Å². The van der Waals surface area contributed by atoms with E-state index in [2.05, 4.69) is 0 Å². The highest BCUT2D eigenvalue weighted by molar-refractivity contribution is 9.11. The standard InChI is InChI=1S/C3Br2Cl2F4/c4-2(6,7)1(8,9)3(5,10)11. The largest absolute Gasteiger partial charge is 0.367 e. The van der Waals surface area contributed by atoms with Crippen LogP contribution in [0.2, 0.25) is 0 Å². The fraction of sp³-hybridized carbons (Fsp3) is 1.00. The minimum atomic E-state index is -4.59. The second-order valence-corrected chi connectivity index (χ2v) is 6.00. The van der Waals surface area contributed by atoms with Crippen molar-refractivity contribution in [2.24, 2.45) is 0 Å². The van der Waals surface area contributed by atoms with Crippen LogP contribution in [0.4, 0.5) is 17.6 Å². The normalized spacial score (nSPS) is 15.3.